The first kappa shape index (κ1) is 14.9. The van der Waals surface area contributed by atoms with Gasteiger partial charge in [-0.15, -0.1) is 0 Å². The number of esters is 1. The fourth-order valence-corrected chi connectivity index (χ4v) is 1.89. The van der Waals surface area contributed by atoms with Crippen molar-refractivity contribution in [2.24, 2.45) is 0 Å². The highest BCUT2D eigenvalue weighted by Gasteiger charge is 2.04. The predicted octanol–water partition coefficient (Wildman–Crippen LogP) is 3.09. The molecule has 21 heavy (non-hydrogen) atoms. The first-order chi connectivity index (χ1) is 10.1. The van der Waals surface area contributed by atoms with Crippen LogP contribution in [0.15, 0.2) is 48.5 Å². The van der Waals surface area contributed by atoms with Gasteiger partial charge in [-0.25, -0.2) is 0 Å². The summed E-state index contributed by atoms with van der Waals surface area (Å²) in [5, 5.41) is 0. The number of ether oxygens (including phenoxy) is 2. The van der Waals surface area contributed by atoms with Crippen molar-refractivity contribution in [1.82, 2.24) is 0 Å². The standard InChI is InChI=1S/C17H19NO3/c1-13-4-2-5-14(10-13)12-21-17(19)8-9-20-16-7-3-6-15(18)11-16/h2-7,10-11H,8-9,12,18H2,1H3. The molecule has 4 heteroatoms. The molecule has 0 atom stereocenters. The normalized spacial score (nSPS) is 10.1. The summed E-state index contributed by atoms with van der Waals surface area (Å²) >= 11 is 0. The highest BCUT2D eigenvalue weighted by atomic mass is 16.5. The Morgan fingerprint density at radius 3 is 2.71 bits per heavy atom. The number of rotatable bonds is 6. The highest BCUT2D eigenvalue weighted by molar-refractivity contribution is 5.69. The van der Waals surface area contributed by atoms with Crippen molar-refractivity contribution in [2.45, 2.75) is 20.0 Å². The highest BCUT2D eigenvalue weighted by Crippen LogP contribution is 2.14. The monoisotopic (exact) mass is 285 g/mol. The largest absolute Gasteiger partial charge is 0.493 e. The second kappa shape index (κ2) is 7.33. The van der Waals surface area contributed by atoms with Crippen molar-refractivity contribution in [3.8, 4) is 5.75 Å². The van der Waals surface area contributed by atoms with Crippen LogP contribution >= 0.6 is 0 Å². The van der Waals surface area contributed by atoms with Crippen LogP contribution in [0.5, 0.6) is 5.75 Å². The number of carbonyl (C=O) groups excluding carboxylic acids is 1. The molecule has 2 N–H and O–H groups in total. The number of hydrogen-bond donors (Lipinski definition) is 1. The number of aryl methyl sites for hydroxylation is 1. The molecule has 0 fully saturated rings. The fraction of sp³-hybridized carbons (Fsp3) is 0.235. The maximum atomic E-state index is 11.6. The van der Waals surface area contributed by atoms with Crippen molar-refractivity contribution in [3.05, 3.63) is 59.7 Å². The van der Waals surface area contributed by atoms with Gasteiger partial charge < -0.3 is 15.2 Å². The van der Waals surface area contributed by atoms with Gasteiger partial charge in [0.2, 0.25) is 0 Å². The third-order valence-electron chi connectivity index (χ3n) is 2.92. The van der Waals surface area contributed by atoms with Crippen LogP contribution < -0.4 is 10.5 Å². The topological polar surface area (TPSA) is 61.5 Å². The molecule has 0 aliphatic heterocycles. The minimum Gasteiger partial charge on any atom is -0.493 e. The Bertz CT molecular complexity index is 610. The van der Waals surface area contributed by atoms with Gasteiger partial charge in [-0.05, 0) is 24.6 Å². The molecule has 0 spiro atoms. The van der Waals surface area contributed by atoms with Crippen LogP contribution in [-0.2, 0) is 16.1 Å². The molecule has 0 saturated heterocycles. The molecule has 0 aliphatic carbocycles. The molecule has 0 bridgehead atoms. The number of hydrogen-bond acceptors (Lipinski definition) is 4. The van der Waals surface area contributed by atoms with Crippen LogP contribution in [0.4, 0.5) is 5.69 Å². The van der Waals surface area contributed by atoms with E-state index in [1.165, 1.54) is 0 Å². The average Bonchev–Trinajstić information content (AvgIpc) is 2.45. The Morgan fingerprint density at radius 2 is 1.95 bits per heavy atom. The van der Waals surface area contributed by atoms with E-state index >= 15 is 0 Å². The molecule has 0 radical (unpaired) electrons. The van der Waals surface area contributed by atoms with Crippen molar-refractivity contribution < 1.29 is 14.3 Å². The Labute approximate surface area is 124 Å². The Kier molecular flexibility index (Phi) is 5.21. The minimum absolute atomic E-state index is 0.209. The average molecular weight is 285 g/mol. The molecule has 2 aromatic carbocycles. The second-order valence-electron chi connectivity index (χ2n) is 4.82. The van der Waals surface area contributed by atoms with E-state index in [0.717, 1.165) is 11.1 Å². The summed E-state index contributed by atoms with van der Waals surface area (Å²) in [5.74, 6) is 0.377. The lowest BCUT2D eigenvalue weighted by molar-refractivity contribution is -0.145. The summed E-state index contributed by atoms with van der Waals surface area (Å²) < 4.78 is 10.6. The molecule has 2 aromatic rings. The van der Waals surface area contributed by atoms with Gasteiger partial charge in [0.05, 0.1) is 13.0 Å². The summed E-state index contributed by atoms with van der Waals surface area (Å²) in [6.45, 7) is 2.57. The first-order valence-electron chi connectivity index (χ1n) is 6.83. The second-order valence-corrected chi connectivity index (χ2v) is 4.82. The van der Waals surface area contributed by atoms with Crippen LogP contribution in [0.1, 0.15) is 17.5 Å². The van der Waals surface area contributed by atoms with Crippen molar-refractivity contribution >= 4 is 11.7 Å². The van der Waals surface area contributed by atoms with Crippen molar-refractivity contribution in [2.75, 3.05) is 12.3 Å². The van der Waals surface area contributed by atoms with Crippen LogP contribution in [0.2, 0.25) is 0 Å². The minimum atomic E-state index is -0.277. The maximum Gasteiger partial charge on any atom is 0.309 e. The van der Waals surface area contributed by atoms with Gasteiger partial charge >= 0.3 is 5.97 Å². The molecular weight excluding hydrogens is 266 g/mol. The van der Waals surface area contributed by atoms with E-state index in [4.69, 9.17) is 15.2 Å². The van der Waals surface area contributed by atoms with Crippen LogP contribution in [0.25, 0.3) is 0 Å². The molecule has 0 aliphatic rings. The number of benzene rings is 2. The van der Waals surface area contributed by atoms with Crippen molar-refractivity contribution in [1.29, 1.82) is 0 Å². The molecule has 0 aromatic heterocycles. The number of carbonyl (C=O) groups is 1. The molecule has 0 saturated carbocycles. The van der Waals surface area contributed by atoms with Gasteiger partial charge in [-0.1, -0.05) is 35.9 Å². The summed E-state index contributed by atoms with van der Waals surface area (Å²) in [7, 11) is 0. The van der Waals surface area contributed by atoms with Gasteiger partial charge in [0.1, 0.15) is 12.4 Å². The smallest absolute Gasteiger partial charge is 0.309 e. The third kappa shape index (κ3) is 5.18. The Balaban J connectivity index is 1.70. The molecule has 2 rings (SSSR count). The van der Waals surface area contributed by atoms with E-state index in [1.807, 2.05) is 31.2 Å². The summed E-state index contributed by atoms with van der Waals surface area (Å²) in [6.07, 6.45) is 0.209. The summed E-state index contributed by atoms with van der Waals surface area (Å²) in [6, 6.07) is 15.0. The van der Waals surface area contributed by atoms with Gasteiger partial charge in [-0.2, -0.15) is 0 Å². The van der Waals surface area contributed by atoms with Gasteiger partial charge in [0, 0.05) is 11.8 Å². The van der Waals surface area contributed by atoms with Crippen LogP contribution in [-0.4, -0.2) is 12.6 Å². The maximum absolute atomic E-state index is 11.6. The molecule has 0 unspecified atom stereocenters. The van der Waals surface area contributed by atoms with E-state index in [2.05, 4.69) is 0 Å². The lowest BCUT2D eigenvalue weighted by Gasteiger charge is -2.08. The lowest BCUT2D eigenvalue weighted by atomic mass is 10.1. The van der Waals surface area contributed by atoms with E-state index in [1.54, 1.807) is 24.3 Å². The quantitative estimate of drug-likeness (QED) is 0.654. The Morgan fingerprint density at radius 1 is 1.14 bits per heavy atom. The van der Waals surface area contributed by atoms with Gasteiger partial charge in [0.25, 0.3) is 0 Å². The van der Waals surface area contributed by atoms with Crippen LogP contribution in [0.3, 0.4) is 0 Å². The van der Waals surface area contributed by atoms with Gasteiger partial charge in [-0.3, -0.25) is 4.79 Å². The van der Waals surface area contributed by atoms with E-state index < -0.39 is 0 Å². The number of nitrogens with two attached hydrogens (primary N) is 1. The lowest BCUT2D eigenvalue weighted by Crippen LogP contribution is -2.10. The molecular formula is C17H19NO3. The molecule has 110 valence electrons. The number of nitrogen functional groups attached to an aromatic ring is 1. The first-order valence-corrected chi connectivity index (χ1v) is 6.83. The zero-order valence-electron chi connectivity index (χ0n) is 12.0. The van der Waals surface area contributed by atoms with E-state index in [-0.39, 0.29) is 19.0 Å². The molecule has 0 heterocycles. The predicted molar refractivity (Wildman–Crippen MR) is 81.9 cm³/mol. The number of anilines is 1. The summed E-state index contributed by atoms with van der Waals surface area (Å²) in [4.78, 5) is 11.6. The van der Waals surface area contributed by atoms with Crippen LogP contribution in [0, 0.1) is 6.92 Å². The third-order valence-corrected chi connectivity index (χ3v) is 2.92. The fourth-order valence-electron chi connectivity index (χ4n) is 1.89. The Hall–Kier alpha value is -2.49. The van der Waals surface area contributed by atoms with E-state index in [9.17, 15) is 4.79 Å². The summed E-state index contributed by atoms with van der Waals surface area (Å²) in [5.41, 5.74) is 8.41. The zero-order chi connectivity index (χ0) is 15.1. The van der Waals surface area contributed by atoms with E-state index in [0.29, 0.717) is 18.0 Å². The van der Waals surface area contributed by atoms with Gasteiger partial charge in [0.15, 0.2) is 0 Å². The molecule has 4 nitrogen and oxygen atoms in total. The molecule has 0 amide bonds. The SMILES string of the molecule is Cc1cccc(COC(=O)CCOc2cccc(N)c2)c1. The zero-order valence-corrected chi connectivity index (χ0v) is 12.0. The van der Waals surface area contributed by atoms with Crippen molar-refractivity contribution in [3.63, 3.8) is 0 Å².